The summed E-state index contributed by atoms with van der Waals surface area (Å²) in [6, 6.07) is 7.07. The Labute approximate surface area is 125 Å². The highest BCUT2D eigenvalue weighted by atomic mass is 79.9. The Kier molecular flexibility index (Phi) is 5.00. The number of hydrogen-bond donors (Lipinski definition) is 3. The molecule has 1 fully saturated rings. The van der Waals surface area contributed by atoms with Crippen molar-refractivity contribution in [2.45, 2.75) is 31.8 Å². The molecule has 1 aromatic rings. The lowest BCUT2D eigenvalue weighted by atomic mass is 10.1. The standard InChI is InChI=1S/C14H17BrN2O3/c15-11-5-1-9(2-6-11)8-16-14(20)17-12(7-13(18)19)10-3-4-10/h1-2,5-6,10,12H,3-4,7-8H2,(H,18,19)(H2,16,17,20). The van der Waals surface area contributed by atoms with Gasteiger partial charge in [0.1, 0.15) is 0 Å². The van der Waals surface area contributed by atoms with Gasteiger partial charge >= 0.3 is 12.0 Å². The second-order valence-electron chi connectivity index (χ2n) is 5.00. The summed E-state index contributed by atoms with van der Waals surface area (Å²) in [6.45, 7) is 0.420. The first-order chi connectivity index (χ1) is 9.54. The zero-order valence-electron chi connectivity index (χ0n) is 10.9. The molecule has 1 unspecified atom stereocenters. The summed E-state index contributed by atoms with van der Waals surface area (Å²) in [5.41, 5.74) is 0.990. The monoisotopic (exact) mass is 340 g/mol. The molecule has 1 saturated carbocycles. The molecule has 0 aliphatic heterocycles. The maximum atomic E-state index is 11.8. The number of aliphatic carboxylic acids is 1. The van der Waals surface area contributed by atoms with Crippen LogP contribution in [-0.4, -0.2) is 23.1 Å². The lowest BCUT2D eigenvalue weighted by molar-refractivity contribution is -0.137. The number of hydrogen-bond acceptors (Lipinski definition) is 2. The molecule has 2 rings (SSSR count). The van der Waals surface area contributed by atoms with Crippen molar-refractivity contribution >= 4 is 27.9 Å². The fourth-order valence-electron chi connectivity index (χ4n) is 2.03. The van der Waals surface area contributed by atoms with Crippen LogP contribution in [0.1, 0.15) is 24.8 Å². The summed E-state index contributed by atoms with van der Waals surface area (Å²) in [5, 5.41) is 14.3. The van der Waals surface area contributed by atoms with E-state index in [0.717, 1.165) is 22.9 Å². The number of halogens is 1. The zero-order chi connectivity index (χ0) is 14.5. The molecule has 1 aliphatic carbocycles. The number of amides is 2. The highest BCUT2D eigenvalue weighted by Crippen LogP contribution is 2.33. The summed E-state index contributed by atoms with van der Waals surface area (Å²) in [6.07, 6.45) is 1.96. The van der Waals surface area contributed by atoms with Gasteiger partial charge in [-0.25, -0.2) is 4.79 Å². The molecule has 6 heteroatoms. The van der Waals surface area contributed by atoms with Crippen LogP contribution in [0.4, 0.5) is 4.79 Å². The third-order valence-electron chi connectivity index (χ3n) is 3.27. The van der Waals surface area contributed by atoms with Crippen LogP contribution in [-0.2, 0) is 11.3 Å². The van der Waals surface area contributed by atoms with Crippen LogP contribution in [0.25, 0.3) is 0 Å². The Morgan fingerprint density at radius 1 is 1.30 bits per heavy atom. The Hall–Kier alpha value is -1.56. The highest BCUT2D eigenvalue weighted by molar-refractivity contribution is 9.10. The highest BCUT2D eigenvalue weighted by Gasteiger charge is 2.33. The normalized spacial score (nSPS) is 15.4. The lowest BCUT2D eigenvalue weighted by Crippen LogP contribution is -2.43. The van der Waals surface area contributed by atoms with E-state index in [-0.39, 0.29) is 18.5 Å². The molecule has 1 aromatic carbocycles. The Morgan fingerprint density at radius 2 is 1.95 bits per heavy atom. The van der Waals surface area contributed by atoms with Gasteiger partial charge in [0, 0.05) is 17.1 Å². The van der Waals surface area contributed by atoms with Gasteiger partial charge in [-0.1, -0.05) is 28.1 Å². The average molecular weight is 341 g/mol. The minimum atomic E-state index is -0.880. The molecular weight excluding hydrogens is 324 g/mol. The van der Waals surface area contributed by atoms with E-state index < -0.39 is 5.97 Å². The molecule has 0 spiro atoms. The van der Waals surface area contributed by atoms with Gasteiger partial charge in [-0.2, -0.15) is 0 Å². The maximum absolute atomic E-state index is 11.8. The van der Waals surface area contributed by atoms with Gasteiger partial charge in [0.25, 0.3) is 0 Å². The van der Waals surface area contributed by atoms with E-state index in [1.807, 2.05) is 24.3 Å². The number of carbonyl (C=O) groups is 2. The topological polar surface area (TPSA) is 78.4 Å². The van der Waals surface area contributed by atoms with Gasteiger partial charge in [-0.3, -0.25) is 4.79 Å². The van der Waals surface area contributed by atoms with Crippen molar-refractivity contribution in [1.29, 1.82) is 0 Å². The van der Waals surface area contributed by atoms with E-state index in [2.05, 4.69) is 26.6 Å². The molecule has 1 atom stereocenters. The van der Waals surface area contributed by atoms with E-state index in [1.54, 1.807) is 0 Å². The van der Waals surface area contributed by atoms with E-state index in [9.17, 15) is 9.59 Å². The van der Waals surface area contributed by atoms with Crippen molar-refractivity contribution in [2.24, 2.45) is 5.92 Å². The van der Waals surface area contributed by atoms with Crippen LogP contribution in [0.2, 0.25) is 0 Å². The van der Waals surface area contributed by atoms with Crippen molar-refractivity contribution in [3.63, 3.8) is 0 Å². The first-order valence-electron chi connectivity index (χ1n) is 6.55. The molecule has 0 saturated heterocycles. The van der Waals surface area contributed by atoms with E-state index in [1.165, 1.54) is 0 Å². The minimum Gasteiger partial charge on any atom is -0.481 e. The number of nitrogens with one attached hydrogen (secondary N) is 2. The Bertz CT molecular complexity index is 486. The summed E-state index contributed by atoms with van der Waals surface area (Å²) in [4.78, 5) is 22.5. The van der Waals surface area contributed by atoms with Gasteiger partial charge in [-0.05, 0) is 36.5 Å². The molecule has 3 N–H and O–H groups in total. The molecule has 2 amide bonds. The number of rotatable bonds is 6. The van der Waals surface area contributed by atoms with Crippen molar-refractivity contribution in [2.75, 3.05) is 0 Å². The Morgan fingerprint density at radius 3 is 2.50 bits per heavy atom. The number of carbonyl (C=O) groups excluding carboxylic acids is 1. The summed E-state index contributed by atoms with van der Waals surface area (Å²) >= 11 is 3.35. The average Bonchev–Trinajstić information content (AvgIpc) is 3.21. The molecule has 0 bridgehead atoms. The minimum absolute atomic E-state index is 0.0175. The summed E-state index contributed by atoms with van der Waals surface area (Å²) < 4.78 is 0.987. The molecule has 1 aliphatic rings. The van der Waals surface area contributed by atoms with Gasteiger partial charge in [0.05, 0.1) is 6.42 Å². The van der Waals surface area contributed by atoms with Crippen LogP contribution in [0.15, 0.2) is 28.7 Å². The second kappa shape index (κ2) is 6.74. The van der Waals surface area contributed by atoms with E-state index in [0.29, 0.717) is 12.5 Å². The number of carboxylic acids is 1. The van der Waals surface area contributed by atoms with Crippen LogP contribution < -0.4 is 10.6 Å². The number of carboxylic acid groups (broad SMARTS) is 1. The number of benzene rings is 1. The van der Waals surface area contributed by atoms with Crippen molar-refractivity contribution < 1.29 is 14.7 Å². The van der Waals surface area contributed by atoms with Crippen LogP contribution in [0, 0.1) is 5.92 Å². The van der Waals surface area contributed by atoms with Crippen molar-refractivity contribution in [1.82, 2.24) is 10.6 Å². The molecule has 108 valence electrons. The third-order valence-corrected chi connectivity index (χ3v) is 3.80. The van der Waals surface area contributed by atoms with Crippen LogP contribution in [0.5, 0.6) is 0 Å². The first-order valence-corrected chi connectivity index (χ1v) is 7.34. The van der Waals surface area contributed by atoms with Crippen LogP contribution in [0.3, 0.4) is 0 Å². The molecular formula is C14H17BrN2O3. The summed E-state index contributed by atoms with van der Waals surface area (Å²) in [7, 11) is 0. The smallest absolute Gasteiger partial charge is 0.315 e. The molecule has 0 heterocycles. The second-order valence-corrected chi connectivity index (χ2v) is 5.91. The van der Waals surface area contributed by atoms with E-state index >= 15 is 0 Å². The predicted molar refractivity (Wildman–Crippen MR) is 78.3 cm³/mol. The molecule has 5 nitrogen and oxygen atoms in total. The van der Waals surface area contributed by atoms with E-state index in [4.69, 9.17) is 5.11 Å². The van der Waals surface area contributed by atoms with Crippen molar-refractivity contribution in [3.05, 3.63) is 34.3 Å². The fourth-order valence-corrected chi connectivity index (χ4v) is 2.29. The molecule has 0 radical (unpaired) electrons. The SMILES string of the molecule is O=C(O)CC(NC(=O)NCc1ccc(Br)cc1)C1CC1. The fraction of sp³-hybridized carbons (Fsp3) is 0.429. The summed E-state index contributed by atoms with van der Waals surface area (Å²) in [5.74, 6) is -0.570. The zero-order valence-corrected chi connectivity index (χ0v) is 12.5. The lowest BCUT2D eigenvalue weighted by Gasteiger charge is -2.16. The maximum Gasteiger partial charge on any atom is 0.315 e. The quantitative estimate of drug-likeness (QED) is 0.744. The van der Waals surface area contributed by atoms with Gasteiger partial charge < -0.3 is 15.7 Å². The Balaban J connectivity index is 1.79. The predicted octanol–water partition coefficient (Wildman–Crippen LogP) is 2.50. The number of urea groups is 1. The van der Waals surface area contributed by atoms with Crippen LogP contribution >= 0.6 is 15.9 Å². The first kappa shape index (κ1) is 14.8. The molecule has 20 heavy (non-hydrogen) atoms. The van der Waals surface area contributed by atoms with Gasteiger partial charge in [0.15, 0.2) is 0 Å². The van der Waals surface area contributed by atoms with Gasteiger partial charge in [-0.15, -0.1) is 0 Å². The van der Waals surface area contributed by atoms with Crippen molar-refractivity contribution in [3.8, 4) is 0 Å². The van der Waals surface area contributed by atoms with Gasteiger partial charge in [0.2, 0.25) is 0 Å². The largest absolute Gasteiger partial charge is 0.481 e. The molecule has 0 aromatic heterocycles. The third kappa shape index (κ3) is 4.85.